The van der Waals surface area contributed by atoms with Crippen LogP contribution in [0, 0.1) is 0 Å². The minimum Gasteiger partial charge on any atom is -0.438 e. The van der Waals surface area contributed by atoms with E-state index in [0.717, 1.165) is 5.56 Å². The van der Waals surface area contributed by atoms with Crippen LogP contribution < -0.4 is 16.2 Å². The second-order valence-corrected chi connectivity index (χ2v) is 5.44. The first kappa shape index (κ1) is 16.4. The minimum atomic E-state index is -0.567. The van der Waals surface area contributed by atoms with Crippen LogP contribution in [-0.4, -0.2) is 20.6 Å². The quantitative estimate of drug-likeness (QED) is 0.759. The van der Waals surface area contributed by atoms with Crippen molar-refractivity contribution in [2.24, 2.45) is 7.05 Å². The molecular formula is C17H17N5O3. The Kier molecular flexibility index (Phi) is 4.60. The van der Waals surface area contributed by atoms with Crippen molar-refractivity contribution in [2.45, 2.75) is 13.0 Å². The molecule has 0 fully saturated rings. The third kappa shape index (κ3) is 3.74. The molecule has 3 rings (SSSR count). The highest BCUT2D eigenvalue weighted by molar-refractivity contribution is 5.88. The number of nitrogens with one attached hydrogen (secondary N) is 2. The Balaban J connectivity index is 1.67. The largest absolute Gasteiger partial charge is 0.438 e. The monoisotopic (exact) mass is 339 g/mol. The van der Waals surface area contributed by atoms with Gasteiger partial charge in [0.05, 0.1) is 6.20 Å². The average Bonchev–Trinajstić information content (AvgIpc) is 3.10. The molecule has 128 valence electrons. The Labute approximate surface area is 143 Å². The summed E-state index contributed by atoms with van der Waals surface area (Å²) >= 11 is 0. The zero-order valence-electron chi connectivity index (χ0n) is 13.8. The Hall–Kier alpha value is -3.42. The van der Waals surface area contributed by atoms with E-state index in [4.69, 9.17) is 4.42 Å². The van der Waals surface area contributed by atoms with Crippen molar-refractivity contribution in [2.75, 3.05) is 5.32 Å². The maximum absolute atomic E-state index is 12.1. The number of nitrogens with zero attached hydrogens (tertiary/aromatic N) is 3. The van der Waals surface area contributed by atoms with Gasteiger partial charge in [0.1, 0.15) is 6.04 Å². The molecule has 0 aliphatic carbocycles. The number of anilines is 1. The van der Waals surface area contributed by atoms with Crippen LogP contribution in [0.15, 0.2) is 58.1 Å². The minimum absolute atomic E-state index is 0.0490. The van der Waals surface area contributed by atoms with Crippen molar-refractivity contribution in [1.29, 1.82) is 0 Å². The molecule has 1 atom stereocenters. The van der Waals surface area contributed by atoms with Crippen LogP contribution in [0.4, 0.5) is 10.6 Å². The molecular weight excluding hydrogens is 322 g/mol. The van der Waals surface area contributed by atoms with Gasteiger partial charge >= 0.3 is 6.03 Å². The first-order valence-corrected chi connectivity index (χ1v) is 7.65. The van der Waals surface area contributed by atoms with E-state index < -0.39 is 17.6 Å². The Morgan fingerprint density at radius 1 is 1.24 bits per heavy atom. The average molecular weight is 339 g/mol. The number of rotatable bonds is 4. The number of carbonyl (C=O) groups is 1. The van der Waals surface area contributed by atoms with Gasteiger partial charge in [-0.3, -0.25) is 10.1 Å². The maximum Gasteiger partial charge on any atom is 0.321 e. The molecule has 2 aromatic heterocycles. The molecule has 0 saturated heterocycles. The number of oxazole rings is 1. The third-order valence-corrected chi connectivity index (χ3v) is 3.55. The Morgan fingerprint density at radius 3 is 2.76 bits per heavy atom. The summed E-state index contributed by atoms with van der Waals surface area (Å²) in [6.45, 7) is 1.73. The van der Waals surface area contributed by atoms with E-state index in [1.165, 1.54) is 17.0 Å². The first-order valence-electron chi connectivity index (χ1n) is 7.65. The molecule has 0 aliphatic heterocycles. The van der Waals surface area contributed by atoms with Gasteiger partial charge in [0.15, 0.2) is 5.76 Å². The Morgan fingerprint density at radius 2 is 2.00 bits per heavy atom. The van der Waals surface area contributed by atoms with Gasteiger partial charge in [-0.2, -0.15) is 0 Å². The molecule has 0 radical (unpaired) electrons. The highest BCUT2D eigenvalue weighted by atomic mass is 16.4. The number of hydrogen-bond acceptors (Lipinski definition) is 5. The number of urea groups is 1. The SMILES string of the molecule is CC(NC(=O)Nc1nccn(C)c1=O)c1ncc(-c2ccccc2)o1. The van der Waals surface area contributed by atoms with Crippen molar-refractivity contribution < 1.29 is 9.21 Å². The summed E-state index contributed by atoms with van der Waals surface area (Å²) in [4.78, 5) is 32.0. The van der Waals surface area contributed by atoms with Gasteiger partial charge < -0.3 is 14.3 Å². The molecule has 2 amide bonds. The van der Waals surface area contributed by atoms with Crippen LogP contribution in [0.3, 0.4) is 0 Å². The first-order chi connectivity index (χ1) is 12.0. The molecule has 1 aromatic carbocycles. The van der Waals surface area contributed by atoms with Gasteiger partial charge in [-0.15, -0.1) is 0 Å². The van der Waals surface area contributed by atoms with Crippen molar-refractivity contribution >= 4 is 11.8 Å². The van der Waals surface area contributed by atoms with Crippen LogP contribution in [0.25, 0.3) is 11.3 Å². The maximum atomic E-state index is 12.1. The molecule has 3 aromatic rings. The van der Waals surface area contributed by atoms with E-state index in [1.54, 1.807) is 20.2 Å². The lowest BCUT2D eigenvalue weighted by Gasteiger charge is -2.11. The fourth-order valence-electron chi connectivity index (χ4n) is 2.21. The molecule has 8 heteroatoms. The van der Waals surface area contributed by atoms with Crippen molar-refractivity contribution in [3.05, 3.63) is 65.2 Å². The van der Waals surface area contributed by atoms with Crippen LogP contribution in [0.1, 0.15) is 18.9 Å². The Bertz CT molecular complexity index is 933. The number of benzene rings is 1. The molecule has 0 saturated carbocycles. The van der Waals surface area contributed by atoms with E-state index in [2.05, 4.69) is 20.6 Å². The predicted molar refractivity (Wildman–Crippen MR) is 92.0 cm³/mol. The van der Waals surface area contributed by atoms with Gasteiger partial charge in [-0.1, -0.05) is 30.3 Å². The molecule has 0 spiro atoms. The summed E-state index contributed by atoms with van der Waals surface area (Å²) in [7, 11) is 1.58. The number of aryl methyl sites for hydroxylation is 1. The molecule has 25 heavy (non-hydrogen) atoms. The zero-order valence-corrected chi connectivity index (χ0v) is 13.8. The number of carbonyl (C=O) groups excluding carboxylic acids is 1. The van der Waals surface area contributed by atoms with Crippen LogP contribution in [0.2, 0.25) is 0 Å². The fraction of sp³-hybridized carbons (Fsp3) is 0.176. The molecule has 2 N–H and O–H groups in total. The topological polar surface area (TPSA) is 102 Å². The summed E-state index contributed by atoms with van der Waals surface area (Å²) in [5.74, 6) is 0.929. The standard InChI is InChI=1S/C17H17N5O3/c1-11(15-19-10-13(25-15)12-6-4-3-5-7-12)20-17(24)21-14-16(23)22(2)9-8-18-14/h3-11H,1-2H3,(H2,18,20,21,24). The van der Waals surface area contributed by atoms with E-state index in [9.17, 15) is 9.59 Å². The lowest BCUT2D eigenvalue weighted by atomic mass is 10.2. The van der Waals surface area contributed by atoms with Crippen molar-refractivity contribution in [3.8, 4) is 11.3 Å². The number of amides is 2. The van der Waals surface area contributed by atoms with Gasteiger partial charge in [-0.05, 0) is 6.92 Å². The van der Waals surface area contributed by atoms with Gasteiger partial charge in [0.25, 0.3) is 5.56 Å². The summed E-state index contributed by atoms with van der Waals surface area (Å²) in [5.41, 5.74) is 0.502. The number of hydrogen-bond donors (Lipinski definition) is 2. The highest BCUT2D eigenvalue weighted by Gasteiger charge is 2.17. The van der Waals surface area contributed by atoms with Gasteiger partial charge in [0, 0.05) is 25.0 Å². The summed E-state index contributed by atoms with van der Waals surface area (Å²) in [5, 5.41) is 5.09. The lowest BCUT2D eigenvalue weighted by molar-refractivity contribution is 0.247. The van der Waals surface area contributed by atoms with E-state index in [1.807, 2.05) is 30.3 Å². The van der Waals surface area contributed by atoms with Crippen LogP contribution in [-0.2, 0) is 7.05 Å². The number of aromatic nitrogens is 3. The normalized spacial score (nSPS) is 11.8. The lowest BCUT2D eigenvalue weighted by Crippen LogP contribution is -2.34. The van der Waals surface area contributed by atoms with Crippen molar-refractivity contribution in [1.82, 2.24) is 19.9 Å². The summed E-state index contributed by atoms with van der Waals surface area (Å²) in [6, 6.07) is 8.49. The van der Waals surface area contributed by atoms with E-state index >= 15 is 0 Å². The predicted octanol–water partition coefficient (Wildman–Crippen LogP) is 2.32. The van der Waals surface area contributed by atoms with Crippen LogP contribution >= 0.6 is 0 Å². The molecule has 2 heterocycles. The fourth-order valence-corrected chi connectivity index (χ4v) is 2.21. The van der Waals surface area contributed by atoms with Gasteiger partial charge in [-0.25, -0.2) is 14.8 Å². The molecule has 1 unspecified atom stereocenters. The summed E-state index contributed by atoms with van der Waals surface area (Å²) < 4.78 is 7.02. The second kappa shape index (κ2) is 7.00. The van der Waals surface area contributed by atoms with Gasteiger partial charge in [0.2, 0.25) is 11.7 Å². The zero-order chi connectivity index (χ0) is 17.8. The summed E-state index contributed by atoms with van der Waals surface area (Å²) in [6.07, 6.45) is 4.54. The third-order valence-electron chi connectivity index (χ3n) is 3.55. The van der Waals surface area contributed by atoms with Crippen molar-refractivity contribution in [3.63, 3.8) is 0 Å². The smallest absolute Gasteiger partial charge is 0.321 e. The highest BCUT2D eigenvalue weighted by Crippen LogP contribution is 2.22. The second-order valence-electron chi connectivity index (χ2n) is 5.44. The van der Waals surface area contributed by atoms with E-state index in [-0.39, 0.29) is 5.82 Å². The molecule has 8 nitrogen and oxygen atoms in total. The molecule has 0 aliphatic rings. The molecule has 0 bridgehead atoms. The van der Waals surface area contributed by atoms with E-state index in [0.29, 0.717) is 11.7 Å². The van der Waals surface area contributed by atoms with Crippen LogP contribution in [0.5, 0.6) is 0 Å².